The lowest BCUT2D eigenvalue weighted by atomic mass is 9.80. The predicted molar refractivity (Wildman–Crippen MR) is 37.6 cm³/mol. The normalized spacial score (nSPS) is 22.2. The molecular formula is C7H14FNO. The highest BCUT2D eigenvalue weighted by atomic mass is 19.1. The van der Waals surface area contributed by atoms with E-state index in [1.54, 1.807) is 0 Å². The van der Waals surface area contributed by atoms with E-state index in [0.29, 0.717) is 13.1 Å². The van der Waals surface area contributed by atoms with E-state index in [-0.39, 0.29) is 6.67 Å². The molecule has 0 spiro atoms. The highest BCUT2D eigenvalue weighted by Crippen LogP contribution is 2.30. The van der Waals surface area contributed by atoms with E-state index >= 15 is 0 Å². The fourth-order valence-electron chi connectivity index (χ4n) is 1.15. The van der Waals surface area contributed by atoms with Crippen molar-refractivity contribution in [3.63, 3.8) is 0 Å². The minimum absolute atomic E-state index is 0.351. The molecule has 0 aromatic rings. The van der Waals surface area contributed by atoms with Gasteiger partial charge in [-0.25, -0.2) is 4.39 Å². The van der Waals surface area contributed by atoms with Crippen molar-refractivity contribution in [2.45, 2.75) is 24.9 Å². The molecule has 1 rings (SSSR count). The quantitative estimate of drug-likeness (QED) is 0.566. The van der Waals surface area contributed by atoms with Crippen molar-refractivity contribution in [1.82, 2.24) is 5.32 Å². The number of rotatable bonds is 4. The maximum absolute atomic E-state index is 11.5. The Morgan fingerprint density at radius 1 is 1.50 bits per heavy atom. The molecular weight excluding hydrogens is 133 g/mol. The van der Waals surface area contributed by atoms with E-state index in [0.717, 1.165) is 19.3 Å². The maximum Gasteiger partial charge on any atom is 0.102 e. The van der Waals surface area contributed by atoms with Gasteiger partial charge >= 0.3 is 0 Å². The molecule has 0 aromatic heterocycles. The van der Waals surface area contributed by atoms with Crippen LogP contribution in [0.15, 0.2) is 0 Å². The molecule has 0 heterocycles. The van der Waals surface area contributed by atoms with Crippen LogP contribution in [0.25, 0.3) is 0 Å². The van der Waals surface area contributed by atoms with Gasteiger partial charge in [0.1, 0.15) is 6.67 Å². The van der Waals surface area contributed by atoms with Gasteiger partial charge in [-0.15, -0.1) is 0 Å². The van der Waals surface area contributed by atoms with E-state index in [1.807, 2.05) is 0 Å². The summed E-state index contributed by atoms with van der Waals surface area (Å²) in [6.07, 6.45) is 2.84. The molecule has 0 amide bonds. The molecule has 0 radical (unpaired) electrons. The second-order valence-electron chi connectivity index (χ2n) is 2.94. The van der Waals surface area contributed by atoms with Gasteiger partial charge < -0.3 is 10.4 Å². The average Bonchev–Trinajstić information content (AvgIpc) is 1.85. The molecule has 60 valence electrons. The van der Waals surface area contributed by atoms with Gasteiger partial charge in [-0.3, -0.25) is 0 Å². The van der Waals surface area contributed by atoms with Crippen LogP contribution >= 0.6 is 0 Å². The van der Waals surface area contributed by atoms with Gasteiger partial charge in [-0.05, 0) is 19.3 Å². The Bertz CT molecular complexity index is 104. The molecule has 0 atom stereocenters. The van der Waals surface area contributed by atoms with Crippen molar-refractivity contribution >= 4 is 0 Å². The van der Waals surface area contributed by atoms with Gasteiger partial charge in [-0.1, -0.05) is 0 Å². The van der Waals surface area contributed by atoms with Crippen molar-refractivity contribution in [2.75, 3.05) is 19.8 Å². The zero-order valence-corrected chi connectivity index (χ0v) is 6.07. The number of hydrogen-bond donors (Lipinski definition) is 2. The summed E-state index contributed by atoms with van der Waals surface area (Å²) >= 11 is 0. The van der Waals surface area contributed by atoms with E-state index in [2.05, 4.69) is 5.32 Å². The molecule has 3 heteroatoms. The molecule has 1 aliphatic rings. The standard InChI is InChI=1S/C7H14FNO/c8-4-5-9-6-7(10)2-1-3-7/h9-10H,1-6H2. The fourth-order valence-corrected chi connectivity index (χ4v) is 1.15. The molecule has 2 nitrogen and oxygen atoms in total. The summed E-state index contributed by atoms with van der Waals surface area (Å²) in [6.45, 7) is 0.565. The van der Waals surface area contributed by atoms with Crippen LogP contribution in [0.5, 0.6) is 0 Å². The van der Waals surface area contributed by atoms with Crippen molar-refractivity contribution in [1.29, 1.82) is 0 Å². The second kappa shape index (κ2) is 3.30. The largest absolute Gasteiger partial charge is 0.389 e. The molecule has 0 aliphatic heterocycles. The van der Waals surface area contributed by atoms with Crippen LogP contribution in [0.4, 0.5) is 4.39 Å². The lowest BCUT2D eigenvalue weighted by Gasteiger charge is -2.36. The summed E-state index contributed by atoms with van der Waals surface area (Å²) in [6, 6.07) is 0. The van der Waals surface area contributed by atoms with Gasteiger partial charge in [0.15, 0.2) is 0 Å². The molecule has 0 unspecified atom stereocenters. The lowest BCUT2D eigenvalue weighted by molar-refractivity contribution is -0.0312. The summed E-state index contributed by atoms with van der Waals surface area (Å²) in [4.78, 5) is 0. The van der Waals surface area contributed by atoms with Gasteiger partial charge in [0.25, 0.3) is 0 Å². The fraction of sp³-hybridized carbons (Fsp3) is 1.00. The molecule has 0 bridgehead atoms. The minimum Gasteiger partial charge on any atom is -0.389 e. The third-order valence-corrected chi connectivity index (χ3v) is 2.01. The Labute approximate surface area is 60.4 Å². The van der Waals surface area contributed by atoms with Crippen LogP contribution in [0.3, 0.4) is 0 Å². The Balaban J connectivity index is 2.01. The first-order valence-electron chi connectivity index (χ1n) is 3.76. The third kappa shape index (κ3) is 1.92. The minimum atomic E-state index is -0.505. The molecule has 1 fully saturated rings. The first kappa shape index (κ1) is 7.95. The van der Waals surface area contributed by atoms with E-state index in [1.165, 1.54) is 0 Å². The van der Waals surface area contributed by atoms with Crippen LogP contribution in [0.1, 0.15) is 19.3 Å². The van der Waals surface area contributed by atoms with Gasteiger partial charge in [0.05, 0.1) is 5.60 Å². The Morgan fingerprint density at radius 2 is 2.20 bits per heavy atom. The molecule has 0 aromatic carbocycles. The summed E-state index contributed by atoms with van der Waals surface area (Å²) in [5.74, 6) is 0. The van der Waals surface area contributed by atoms with E-state index in [4.69, 9.17) is 0 Å². The zero-order valence-electron chi connectivity index (χ0n) is 6.07. The first-order valence-corrected chi connectivity index (χ1v) is 3.76. The van der Waals surface area contributed by atoms with Crippen molar-refractivity contribution in [2.24, 2.45) is 0 Å². The van der Waals surface area contributed by atoms with Gasteiger partial charge in [0.2, 0.25) is 0 Å². The average molecular weight is 147 g/mol. The van der Waals surface area contributed by atoms with Crippen LogP contribution in [0.2, 0.25) is 0 Å². The number of alkyl halides is 1. The molecule has 1 aliphatic carbocycles. The maximum atomic E-state index is 11.5. The Morgan fingerprint density at radius 3 is 2.60 bits per heavy atom. The highest BCUT2D eigenvalue weighted by Gasteiger charge is 2.33. The number of aliphatic hydroxyl groups is 1. The van der Waals surface area contributed by atoms with Gasteiger partial charge in [-0.2, -0.15) is 0 Å². The molecule has 10 heavy (non-hydrogen) atoms. The molecule has 1 saturated carbocycles. The summed E-state index contributed by atoms with van der Waals surface area (Å²) in [5.41, 5.74) is -0.505. The third-order valence-electron chi connectivity index (χ3n) is 2.01. The van der Waals surface area contributed by atoms with Crippen LogP contribution < -0.4 is 5.32 Å². The topological polar surface area (TPSA) is 32.3 Å². The number of nitrogens with one attached hydrogen (secondary N) is 1. The molecule has 0 saturated heterocycles. The predicted octanol–water partition coefficient (Wildman–Crippen LogP) is 0.460. The van der Waals surface area contributed by atoms with Gasteiger partial charge in [0, 0.05) is 13.1 Å². The van der Waals surface area contributed by atoms with Crippen LogP contribution in [0, 0.1) is 0 Å². The summed E-state index contributed by atoms with van der Waals surface area (Å²) in [5, 5.41) is 12.3. The van der Waals surface area contributed by atoms with Crippen molar-refractivity contribution in [3.8, 4) is 0 Å². The second-order valence-corrected chi connectivity index (χ2v) is 2.94. The van der Waals surface area contributed by atoms with E-state index < -0.39 is 5.60 Å². The zero-order chi connectivity index (χ0) is 7.45. The number of hydrogen-bond acceptors (Lipinski definition) is 2. The Hall–Kier alpha value is -0.150. The Kier molecular flexibility index (Phi) is 2.63. The van der Waals surface area contributed by atoms with E-state index in [9.17, 15) is 9.50 Å². The highest BCUT2D eigenvalue weighted by molar-refractivity contribution is 4.89. The van der Waals surface area contributed by atoms with Crippen molar-refractivity contribution in [3.05, 3.63) is 0 Å². The number of halogens is 1. The monoisotopic (exact) mass is 147 g/mol. The SMILES string of the molecule is OC1(CNCCF)CCC1. The van der Waals surface area contributed by atoms with Crippen LogP contribution in [-0.4, -0.2) is 30.5 Å². The summed E-state index contributed by atoms with van der Waals surface area (Å²) in [7, 11) is 0. The first-order chi connectivity index (χ1) is 4.77. The van der Waals surface area contributed by atoms with Crippen molar-refractivity contribution < 1.29 is 9.50 Å². The summed E-state index contributed by atoms with van der Waals surface area (Å²) < 4.78 is 11.5. The lowest BCUT2D eigenvalue weighted by Crippen LogP contribution is -2.46. The van der Waals surface area contributed by atoms with Crippen LogP contribution in [-0.2, 0) is 0 Å². The molecule has 2 N–H and O–H groups in total. The smallest absolute Gasteiger partial charge is 0.102 e.